The topological polar surface area (TPSA) is 17.1 Å². The highest BCUT2D eigenvalue weighted by Gasteiger charge is 2.46. The monoisotopic (exact) mass is 252 g/mol. The summed E-state index contributed by atoms with van der Waals surface area (Å²) in [5.74, 6) is 0.365. The van der Waals surface area contributed by atoms with Gasteiger partial charge < -0.3 is 0 Å². The Kier molecular flexibility index (Phi) is 3.24. The molecule has 1 nitrogen and oxygen atoms in total. The van der Waals surface area contributed by atoms with Crippen LogP contribution in [-0.2, 0) is 4.79 Å². The van der Waals surface area contributed by atoms with Gasteiger partial charge in [-0.25, -0.2) is 0 Å². The Hall–Kier alpha value is -0.560. The first-order chi connectivity index (χ1) is 7.88. The van der Waals surface area contributed by atoms with Crippen molar-refractivity contribution in [2.45, 2.75) is 52.3 Å². The maximum atomic E-state index is 12.1. The van der Waals surface area contributed by atoms with E-state index in [0.717, 1.165) is 24.8 Å². The lowest BCUT2D eigenvalue weighted by atomic mass is 9.62. The molecule has 0 bridgehead atoms. The van der Waals surface area contributed by atoms with Gasteiger partial charge in [0, 0.05) is 0 Å². The van der Waals surface area contributed by atoms with E-state index < -0.39 is 0 Å². The molecule has 0 fully saturated rings. The molecule has 3 atom stereocenters. The molecule has 0 aromatic carbocycles. The molecule has 0 spiro atoms. The van der Waals surface area contributed by atoms with Gasteiger partial charge in [0.15, 0.2) is 5.78 Å². The molecule has 0 saturated carbocycles. The van der Waals surface area contributed by atoms with Crippen LogP contribution in [0.25, 0.3) is 0 Å². The number of halogens is 1. The molecule has 0 heterocycles. The fraction of sp³-hybridized carbons (Fsp3) is 0.667. The van der Waals surface area contributed by atoms with Crippen molar-refractivity contribution in [3.8, 4) is 0 Å². The highest BCUT2D eigenvalue weighted by molar-refractivity contribution is 6.34. The molecule has 94 valence electrons. The van der Waals surface area contributed by atoms with Crippen LogP contribution in [0.4, 0.5) is 0 Å². The van der Waals surface area contributed by atoms with Gasteiger partial charge in [0.1, 0.15) is 0 Å². The molecular formula is C15H21ClO. The van der Waals surface area contributed by atoms with Gasteiger partial charge in [-0.15, -0.1) is 11.6 Å². The fourth-order valence-electron chi connectivity index (χ4n) is 3.20. The molecule has 0 aromatic heterocycles. The molecule has 0 aliphatic heterocycles. The second-order valence-electron chi connectivity index (χ2n) is 5.83. The molecule has 0 N–H and O–H groups in total. The zero-order chi connectivity index (χ0) is 12.8. The second kappa shape index (κ2) is 4.28. The van der Waals surface area contributed by atoms with Crippen LogP contribution in [-0.4, -0.2) is 11.2 Å². The largest absolute Gasteiger partial charge is 0.293 e. The first-order valence-electron chi connectivity index (χ1n) is 6.42. The first-order valence-corrected chi connectivity index (χ1v) is 6.85. The third kappa shape index (κ3) is 1.89. The van der Waals surface area contributed by atoms with Crippen molar-refractivity contribution in [3.05, 3.63) is 22.8 Å². The van der Waals surface area contributed by atoms with Crippen LogP contribution in [0.2, 0.25) is 0 Å². The van der Waals surface area contributed by atoms with Crippen molar-refractivity contribution in [2.24, 2.45) is 11.3 Å². The zero-order valence-electron chi connectivity index (χ0n) is 11.1. The predicted molar refractivity (Wildman–Crippen MR) is 72.2 cm³/mol. The lowest BCUT2D eigenvalue weighted by molar-refractivity contribution is -0.117. The lowest BCUT2D eigenvalue weighted by Gasteiger charge is -2.43. The summed E-state index contributed by atoms with van der Waals surface area (Å²) in [5, 5.41) is -0.351. The van der Waals surface area contributed by atoms with E-state index in [1.165, 1.54) is 11.1 Å². The van der Waals surface area contributed by atoms with Crippen molar-refractivity contribution in [1.29, 1.82) is 0 Å². The minimum Gasteiger partial charge on any atom is -0.293 e. The van der Waals surface area contributed by atoms with Crippen molar-refractivity contribution < 1.29 is 4.79 Å². The van der Waals surface area contributed by atoms with Gasteiger partial charge in [-0.05, 0) is 50.0 Å². The van der Waals surface area contributed by atoms with Crippen LogP contribution < -0.4 is 0 Å². The Bertz CT molecular complexity index is 419. The summed E-state index contributed by atoms with van der Waals surface area (Å²) in [4.78, 5) is 12.1. The van der Waals surface area contributed by atoms with E-state index in [-0.39, 0.29) is 22.5 Å². The van der Waals surface area contributed by atoms with Crippen LogP contribution in [0.1, 0.15) is 47.0 Å². The summed E-state index contributed by atoms with van der Waals surface area (Å²) in [6.45, 7) is 8.53. The Morgan fingerprint density at radius 1 is 1.35 bits per heavy atom. The lowest BCUT2D eigenvalue weighted by Crippen LogP contribution is -2.42. The van der Waals surface area contributed by atoms with Gasteiger partial charge in [-0.3, -0.25) is 4.79 Å². The number of fused-ring (bicyclic) bond motifs is 1. The van der Waals surface area contributed by atoms with Crippen LogP contribution in [0.15, 0.2) is 22.8 Å². The number of alkyl halides is 1. The third-order valence-electron chi connectivity index (χ3n) is 4.85. The number of carbonyl (C=O) groups is 1. The summed E-state index contributed by atoms with van der Waals surface area (Å²) in [6.07, 6.45) is 5.44. The molecule has 0 amide bonds. The number of Topliss-reactive ketones (excluding diaryl/α,β-unsaturated/α-hetero) is 1. The molecule has 17 heavy (non-hydrogen) atoms. The standard InChI is InChI=1S/C15H21ClO/c1-9-5-6-12-10(2)14(17)13(16)11(3)15(12,4)8-7-9/h7,11,13H,5-6,8H2,1-4H3/t11-,13-,15+/m1/s1. The van der Waals surface area contributed by atoms with Gasteiger partial charge in [-0.2, -0.15) is 0 Å². The Morgan fingerprint density at radius 3 is 2.65 bits per heavy atom. The van der Waals surface area contributed by atoms with Crippen LogP contribution in [0, 0.1) is 11.3 Å². The third-order valence-corrected chi connectivity index (χ3v) is 5.43. The zero-order valence-corrected chi connectivity index (χ0v) is 11.9. The smallest absolute Gasteiger partial charge is 0.176 e. The number of ketones is 1. The van der Waals surface area contributed by atoms with Crippen molar-refractivity contribution in [2.75, 3.05) is 0 Å². The first kappa shape index (κ1) is 12.9. The minimum absolute atomic E-state index is 0.0716. The summed E-state index contributed by atoms with van der Waals surface area (Å²) >= 11 is 6.31. The van der Waals surface area contributed by atoms with E-state index in [9.17, 15) is 4.79 Å². The Labute approximate surface area is 109 Å². The van der Waals surface area contributed by atoms with Gasteiger partial charge in [0.25, 0.3) is 0 Å². The predicted octanol–water partition coefficient (Wildman–Crippen LogP) is 4.27. The van der Waals surface area contributed by atoms with Crippen molar-refractivity contribution >= 4 is 17.4 Å². The van der Waals surface area contributed by atoms with Crippen molar-refractivity contribution in [1.82, 2.24) is 0 Å². The number of rotatable bonds is 0. The maximum Gasteiger partial charge on any atom is 0.176 e. The van der Waals surface area contributed by atoms with Crippen molar-refractivity contribution in [3.63, 3.8) is 0 Å². The summed E-state index contributed by atoms with van der Waals surface area (Å²) in [7, 11) is 0. The SMILES string of the molecule is CC1=CC[C@]2(C)C(=C(C)C(=O)[C@H](Cl)[C@H]2C)CC1. The number of hydrogen-bond donors (Lipinski definition) is 0. The minimum atomic E-state index is -0.351. The maximum absolute atomic E-state index is 12.1. The average Bonchev–Trinajstić information content (AvgIpc) is 2.46. The molecule has 0 saturated heterocycles. The molecule has 0 unspecified atom stereocenters. The Morgan fingerprint density at radius 2 is 2.00 bits per heavy atom. The summed E-state index contributed by atoms with van der Waals surface area (Å²) in [6, 6.07) is 0. The molecular weight excluding hydrogens is 232 g/mol. The van der Waals surface area contributed by atoms with Gasteiger partial charge in [-0.1, -0.05) is 31.1 Å². The number of allylic oxidation sites excluding steroid dienone is 4. The molecule has 0 aromatic rings. The van der Waals surface area contributed by atoms with E-state index in [4.69, 9.17) is 11.6 Å². The van der Waals surface area contributed by atoms with Crippen LogP contribution >= 0.6 is 11.6 Å². The molecule has 2 rings (SSSR count). The van der Waals surface area contributed by atoms with E-state index in [1.54, 1.807) is 0 Å². The fourth-order valence-corrected chi connectivity index (χ4v) is 3.64. The van der Waals surface area contributed by atoms with Gasteiger partial charge in [0.2, 0.25) is 0 Å². The van der Waals surface area contributed by atoms with E-state index >= 15 is 0 Å². The molecule has 2 heteroatoms. The van der Waals surface area contributed by atoms with Crippen LogP contribution in [0.5, 0.6) is 0 Å². The second-order valence-corrected chi connectivity index (χ2v) is 6.30. The number of hydrogen-bond acceptors (Lipinski definition) is 1. The quantitative estimate of drug-likeness (QED) is 0.465. The Balaban J connectivity index is 2.53. The van der Waals surface area contributed by atoms with Gasteiger partial charge in [0.05, 0.1) is 5.38 Å². The van der Waals surface area contributed by atoms with E-state index in [0.29, 0.717) is 0 Å². The van der Waals surface area contributed by atoms with Gasteiger partial charge >= 0.3 is 0 Å². The van der Waals surface area contributed by atoms with E-state index in [1.807, 2.05) is 6.92 Å². The van der Waals surface area contributed by atoms with Crippen LogP contribution in [0.3, 0.4) is 0 Å². The normalized spacial score (nSPS) is 38.6. The highest BCUT2D eigenvalue weighted by atomic mass is 35.5. The average molecular weight is 253 g/mol. The van der Waals surface area contributed by atoms with E-state index in [2.05, 4.69) is 26.8 Å². The molecule has 2 aliphatic rings. The molecule has 2 aliphatic carbocycles. The molecule has 0 radical (unpaired) electrons. The summed E-state index contributed by atoms with van der Waals surface area (Å²) in [5.41, 5.74) is 3.78. The number of carbonyl (C=O) groups excluding carboxylic acids is 1. The summed E-state index contributed by atoms with van der Waals surface area (Å²) < 4.78 is 0. The highest BCUT2D eigenvalue weighted by Crippen LogP contribution is 2.51.